The van der Waals surface area contributed by atoms with Gasteiger partial charge < -0.3 is 4.74 Å². The second kappa shape index (κ2) is 5.57. The highest BCUT2D eigenvalue weighted by Crippen LogP contribution is 2.24. The molecular formula is C12H20N2O3S. The molecule has 2 aliphatic heterocycles. The summed E-state index contributed by atoms with van der Waals surface area (Å²) in [4.78, 5) is 2.10. The van der Waals surface area contributed by atoms with Gasteiger partial charge in [0, 0.05) is 32.8 Å². The number of sulfonamides is 1. The van der Waals surface area contributed by atoms with Gasteiger partial charge >= 0.3 is 0 Å². The van der Waals surface area contributed by atoms with E-state index in [9.17, 15) is 8.42 Å². The van der Waals surface area contributed by atoms with Crippen molar-refractivity contribution in [1.82, 2.24) is 9.21 Å². The molecular weight excluding hydrogens is 252 g/mol. The number of hydrogen-bond donors (Lipinski definition) is 0. The third kappa shape index (κ3) is 2.69. The molecule has 2 aliphatic rings. The van der Waals surface area contributed by atoms with Gasteiger partial charge in [-0.15, -0.1) is 6.42 Å². The van der Waals surface area contributed by atoms with Crippen LogP contribution in [0.3, 0.4) is 0 Å². The van der Waals surface area contributed by atoms with E-state index in [4.69, 9.17) is 11.2 Å². The van der Waals surface area contributed by atoms with Crippen LogP contribution in [0.4, 0.5) is 0 Å². The topological polar surface area (TPSA) is 49.9 Å². The van der Waals surface area contributed by atoms with Crippen molar-refractivity contribution in [2.75, 3.05) is 39.3 Å². The zero-order valence-electron chi connectivity index (χ0n) is 10.7. The van der Waals surface area contributed by atoms with Crippen molar-refractivity contribution < 1.29 is 13.2 Å². The lowest BCUT2D eigenvalue weighted by Crippen LogP contribution is -2.52. The van der Waals surface area contributed by atoms with Gasteiger partial charge in [-0.2, -0.15) is 4.31 Å². The molecule has 6 heteroatoms. The van der Waals surface area contributed by atoms with Gasteiger partial charge in [-0.3, -0.25) is 4.90 Å². The summed E-state index contributed by atoms with van der Waals surface area (Å²) in [6.45, 7) is 5.47. The summed E-state index contributed by atoms with van der Waals surface area (Å²) in [6, 6.07) is 0. The van der Waals surface area contributed by atoms with Crippen LogP contribution in [0.25, 0.3) is 0 Å². The second-order valence-corrected chi connectivity index (χ2v) is 6.98. The Kier molecular flexibility index (Phi) is 4.28. The highest BCUT2D eigenvalue weighted by molar-refractivity contribution is 7.89. The van der Waals surface area contributed by atoms with Gasteiger partial charge in [-0.1, -0.05) is 5.92 Å². The molecule has 2 saturated heterocycles. The first kappa shape index (κ1) is 13.8. The van der Waals surface area contributed by atoms with Gasteiger partial charge in [0.2, 0.25) is 10.0 Å². The molecule has 0 aromatic rings. The minimum Gasteiger partial charge on any atom is -0.377 e. The third-order valence-electron chi connectivity index (χ3n) is 3.70. The van der Waals surface area contributed by atoms with Crippen molar-refractivity contribution in [2.45, 2.75) is 24.7 Å². The molecule has 102 valence electrons. The molecule has 2 heterocycles. The fraction of sp³-hybridized carbons (Fsp3) is 0.833. The van der Waals surface area contributed by atoms with Gasteiger partial charge in [0.15, 0.2) is 0 Å². The zero-order valence-corrected chi connectivity index (χ0v) is 11.5. The number of rotatable bonds is 3. The van der Waals surface area contributed by atoms with E-state index < -0.39 is 10.0 Å². The zero-order chi connectivity index (χ0) is 13.2. The van der Waals surface area contributed by atoms with Gasteiger partial charge in [-0.05, 0) is 13.3 Å². The molecule has 0 saturated carbocycles. The van der Waals surface area contributed by atoms with E-state index in [2.05, 4.69) is 10.8 Å². The van der Waals surface area contributed by atoms with Crippen molar-refractivity contribution >= 4 is 10.0 Å². The Bertz CT molecular complexity index is 421. The maximum absolute atomic E-state index is 12.4. The Morgan fingerprint density at radius 2 is 2.00 bits per heavy atom. The van der Waals surface area contributed by atoms with Crippen LogP contribution in [0.5, 0.6) is 0 Å². The van der Waals surface area contributed by atoms with Gasteiger partial charge in [0.05, 0.1) is 12.6 Å². The first-order valence-electron chi connectivity index (χ1n) is 6.32. The molecule has 5 nitrogen and oxygen atoms in total. The summed E-state index contributed by atoms with van der Waals surface area (Å²) in [5.41, 5.74) is 0. The van der Waals surface area contributed by atoms with Crippen LogP contribution in [0.2, 0.25) is 0 Å². The van der Waals surface area contributed by atoms with Crippen LogP contribution in [0, 0.1) is 12.3 Å². The van der Waals surface area contributed by atoms with E-state index in [1.54, 1.807) is 4.31 Å². The van der Waals surface area contributed by atoms with E-state index in [-0.39, 0.29) is 11.4 Å². The summed E-state index contributed by atoms with van der Waals surface area (Å²) < 4.78 is 31.9. The van der Waals surface area contributed by atoms with Crippen molar-refractivity contribution in [3.8, 4) is 12.3 Å². The predicted molar refractivity (Wildman–Crippen MR) is 69.6 cm³/mol. The van der Waals surface area contributed by atoms with E-state index in [1.165, 1.54) is 0 Å². The number of hydrogen-bond acceptors (Lipinski definition) is 4. The number of terminal acetylenes is 1. The van der Waals surface area contributed by atoms with E-state index >= 15 is 0 Å². The molecule has 0 N–H and O–H groups in total. The Labute approximate surface area is 109 Å². The minimum absolute atomic E-state index is 0.196. The maximum Gasteiger partial charge on any atom is 0.219 e. The lowest BCUT2D eigenvalue weighted by molar-refractivity contribution is 0.125. The SMILES string of the molecule is C#CCN1CCN(S(=O)(=O)C2CCOC2C)CC1. The van der Waals surface area contributed by atoms with Crippen molar-refractivity contribution in [3.05, 3.63) is 0 Å². The molecule has 0 aromatic carbocycles. The average Bonchev–Trinajstić information content (AvgIpc) is 2.77. The molecule has 2 rings (SSSR count). The normalized spacial score (nSPS) is 31.3. The highest BCUT2D eigenvalue weighted by Gasteiger charge is 2.40. The first-order valence-corrected chi connectivity index (χ1v) is 7.82. The summed E-state index contributed by atoms with van der Waals surface area (Å²) in [6.07, 6.45) is 5.67. The molecule has 0 amide bonds. The van der Waals surface area contributed by atoms with Crippen LogP contribution in [0.1, 0.15) is 13.3 Å². The number of nitrogens with zero attached hydrogens (tertiary/aromatic N) is 2. The molecule has 2 unspecified atom stereocenters. The summed E-state index contributed by atoms with van der Waals surface area (Å²) in [7, 11) is -3.22. The smallest absolute Gasteiger partial charge is 0.219 e. The van der Waals surface area contributed by atoms with Crippen LogP contribution in [-0.2, 0) is 14.8 Å². The highest BCUT2D eigenvalue weighted by atomic mass is 32.2. The molecule has 0 spiro atoms. The van der Waals surface area contributed by atoms with Gasteiger partial charge in [-0.25, -0.2) is 8.42 Å². The van der Waals surface area contributed by atoms with Crippen LogP contribution in [0.15, 0.2) is 0 Å². The minimum atomic E-state index is -3.22. The van der Waals surface area contributed by atoms with Crippen LogP contribution in [-0.4, -0.2) is 68.3 Å². The van der Waals surface area contributed by atoms with Gasteiger partial charge in [0.1, 0.15) is 5.25 Å². The average molecular weight is 272 g/mol. The molecule has 0 bridgehead atoms. The van der Waals surface area contributed by atoms with E-state index in [0.29, 0.717) is 45.8 Å². The number of piperazine rings is 1. The Morgan fingerprint density at radius 3 is 2.50 bits per heavy atom. The maximum atomic E-state index is 12.4. The lowest BCUT2D eigenvalue weighted by Gasteiger charge is -2.34. The standard InChI is InChI=1S/C12H20N2O3S/c1-3-5-13-6-8-14(9-7-13)18(15,16)12-4-10-17-11(12)2/h1,11-12H,4-10H2,2H3. The monoisotopic (exact) mass is 272 g/mol. The fourth-order valence-electron chi connectivity index (χ4n) is 2.57. The Balaban J connectivity index is 1.98. The quantitative estimate of drug-likeness (QED) is 0.665. The molecule has 0 radical (unpaired) electrons. The third-order valence-corrected chi connectivity index (χ3v) is 6.16. The van der Waals surface area contributed by atoms with Crippen molar-refractivity contribution in [3.63, 3.8) is 0 Å². The second-order valence-electron chi connectivity index (χ2n) is 4.83. The summed E-state index contributed by atoms with van der Waals surface area (Å²) in [5, 5.41) is -0.378. The van der Waals surface area contributed by atoms with Crippen molar-refractivity contribution in [2.24, 2.45) is 0 Å². The largest absolute Gasteiger partial charge is 0.377 e. The van der Waals surface area contributed by atoms with Crippen molar-refractivity contribution in [1.29, 1.82) is 0 Å². The molecule has 18 heavy (non-hydrogen) atoms. The fourth-order valence-corrected chi connectivity index (χ4v) is 4.58. The number of ether oxygens (including phenoxy) is 1. The van der Waals surface area contributed by atoms with Crippen LogP contribution >= 0.6 is 0 Å². The first-order chi connectivity index (χ1) is 8.55. The predicted octanol–water partition coefficient (Wildman–Crippen LogP) is -0.256. The van der Waals surface area contributed by atoms with E-state index in [1.807, 2.05) is 6.92 Å². The molecule has 0 aromatic heterocycles. The molecule has 2 fully saturated rings. The van der Waals surface area contributed by atoms with E-state index in [0.717, 1.165) is 0 Å². The Morgan fingerprint density at radius 1 is 1.33 bits per heavy atom. The lowest BCUT2D eigenvalue weighted by atomic mass is 10.3. The summed E-state index contributed by atoms with van der Waals surface area (Å²) in [5.74, 6) is 2.59. The molecule has 2 atom stereocenters. The Hall–Kier alpha value is -0.610. The van der Waals surface area contributed by atoms with Crippen LogP contribution < -0.4 is 0 Å². The van der Waals surface area contributed by atoms with Gasteiger partial charge in [0.25, 0.3) is 0 Å². The summed E-state index contributed by atoms with van der Waals surface area (Å²) >= 11 is 0. The molecule has 0 aliphatic carbocycles.